The number of phenols is 1. The molecule has 19 heavy (non-hydrogen) atoms. The first-order chi connectivity index (χ1) is 8.85. The van der Waals surface area contributed by atoms with Gasteiger partial charge in [-0.2, -0.15) is 0 Å². The molecule has 106 valence electrons. The molecule has 1 aromatic rings. The molecular weight excluding hydrogens is 262 g/mol. The predicted octanol–water partition coefficient (Wildman–Crippen LogP) is 3.73. The van der Waals surface area contributed by atoms with Gasteiger partial charge < -0.3 is 10.0 Å². The van der Waals surface area contributed by atoms with E-state index in [2.05, 4.69) is 18.7 Å². The molecule has 0 aliphatic rings. The van der Waals surface area contributed by atoms with E-state index in [-0.39, 0.29) is 11.5 Å². The van der Waals surface area contributed by atoms with Crippen molar-refractivity contribution in [1.82, 2.24) is 4.90 Å². The van der Waals surface area contributed by atoms with Crippen LogP contribution in [0.1, 0.15) is 43.1 Å². The summed E-state index contributed by atoms with van der Waals surface area (Å²) in [5.41, 5.74) is 0.989. The molecule has 0 saturated heterocycles. The zero-order chi connectivity index (χ0) is 14.6. The van der Waals surface area contributed by atoms with Crippen molar-refractivity contribution in [3.05, 3.63) is 28.3 Å². The zero-order valence-corrected chi connectivity index (χ0v) is 12.8. The molecule has 1 unspecified atom stereocenters. The Morgan fingerprint density at radius 1 is 1.47 bits per heavy atom. The molecule has 1 aromatic carbocycles. The number of ketones is 1. The van der Waals surface area contributed by atoms with Crippen LogP contribution in [0.2, 0.25) is 5.02 Å². The van der Waals surface area contributed by atoms with Crippen LogP contribution in [0.25, 0.3) is 0 Å². The molecule has 0 spiro atoms. The number of aromatic hydroxyl groups is 1. The van der Waals surface area contributed by atoms with Crippen LogP contribution in [0.3, 0.4) is 0 Å². The molecule has 0 heterocycles. The lowest BCUT2D eigenvalue weighted by Gasteiger charge is -2.21. The summed E-state index contributed by atoms with van der Waals surface area (Å²) < 4.78 is 0. The highest BCUT2D eigenvalue weighted by Crippen LogP contribution is 2.28. The van der Waals surface area contributed by atoms with Crippen molar-refractivity contribution in [2.75, 3.05) is 13.6 Å². The van der Waals surface area contributed by atoms with Crippen LogP contribution in [0.15, 0.2) is 12.1 Å². The number of carbonyl (C=O) groups is 1. The highest BCUT2D eigenvalue weighted by Gasteiger charge is 2.15. The monoisotopic (exact) mass is 283 g/mol. The summed E-state index contributed by atoms with van der Waals surface area (Å²) in [7, 11) is 2.00. The summed E-state index contributed by atoms with van der Waals surface area (Å²) in [6.07, 6.45) is 1.12. The van der Waals surface area contributed by atoms with E-state index >= 15 is 0 Å². The van der Waals surface area contributed by atoms with Crippen molar-refractivity contribution in [2.24, 2.45) is 5.92 Å². The van der Waals surface area contributed by atoms with Crippen molar-refractivity contribution in [3.63, 3.8) is 0 Å². The molecule has 0 aliphatic carbocycles. The van der Waals surface area contributed by atoms with Crippen molar-refractivity contribution in [2.45, 2.75) is 33.7 Å². The van der Waals surface area contributed by atoms with E-state index < -0.39 is 0 Å². The molecule has 1 rings (SSSR count). The summed E-state index contributed by atoms with van der Waals surface area (Å²) in [6.45, 7) is 7.30. The third kappa shape index (κ3) is 4.51. The predicted molar refractivity (Wildman–Crippen MR) is 78.9 cm³/mol. The van der Waals surface area contributed by atoms with Crippen LogP contribution in [0.5, 0.6) is 5.75 Å². The van der Waals surface area contributed by atoms with Gasteiger partial charge in [0, 0.05) is 23.7 Å². The minimum Gasteiger partial charge on any atom is -0.507 e. The topological polar surface area (TPSA) is 40.5 Å². The van der Waals surface area contributed by atoms with Crippen LogP contribution in [-0.4, -0.2) is 29.4 Å². The molecular formula is C15H22ClNO2. The van der Waals surface area contributed by atoms with E-state index in [1.165, 1.54) is 13.0 Å². The molecule has 1 atom stereocenters. The lowest BCUT2D eigenvalue weighted by Crippen LogP contribution is -2.23. The van der Waals surface area contributed by atoms with E-state index in [4.69, 9.17) is 11.6 Å². The molecule has 3 nitrogen and oxygen atoms in total. The number of benzene rings is 1. The third-order valence-corrected chi connectivity index (χ3v) is 3.51. The molecule has 0 amide bonds. The van der Waals surface area contributed by atoms with Crippen LogP contribution >= 0.6 is 11.6 Å². The molecule has 0 aliphatic heterocycles. The smallest absolute Gasteiger partial charge is 0.163 e. The largest absolute Gasteiger partial charge is 0.507 e. The lowest BCUT2D eigenvalue weighted by molar-refractivity contribution is 0.101. The van der Waals surface area contributed by atoms with E-state index in [1.807, 2.05) is 7.05 Å². The third-order valence-electron chi connectivity index (χ3n) is 3.29. The number of hydrogen-bond acceptors (Lipinski definition) is 3. The highest BCUT2D eigenvalue weighted by atomic mass is 35.5. The second-order valence-corrected chi connectivity index (χ2v) is 5.66. The zero-order valence-electron chi connectivity index (χ0n) is 12.0. The van der Waals surface area contributed by atoms with Crippen molar-refractivity contribution in [1.29, 1.82) is 0 Å². The first kappa shape index (κ1) is 16.0. The van der Waals surface area contributed by atoms with Crippen molar-refractivity contribution < 1.29 is 9.90 Å². The van der Waals surface area contributed by atoms with Gasteiger partial charge in [0.15, 0.2) is 5.78 Å². The van der Waals surface area contributed by atoms with Gasteiger partial charge in [-0.25, -0.2) is 0 Å². The first-order valence-corrected chi connectivity index (χ1v) is 6.93. The van der Waals surface area contributed by atoms with Gasteiger partial charge >= 0.3 is 0 Å². The molecule has 0 aromatic heterocycles. The Balaban J connectivity index is 2.92. The second-order valence-electron chi connectivity index (χ2n) is 5.23. The average Bonchev–Trinajstić information content (AvgIpc) is 2.32. The van der Waals surface area contributed by atoms with Crippen molar-refractivity contribution >= 4 is 17.4 Å². The van der Waals surface area contributed by atoms with Crippen molar-refractivity contribution in [3.8, 4) is 5.75 Å². The van der Waals surface area contributed by atoms with E-state index in [1.54, 1.807) is 6.07 Å². The highest BCUT2D eigenvalue weighted by molar-refractivity contribution is 6.31. The number of Topliss-reactive ketones (excluding diaryl/α,β-unsaturated/α-hetero) is 1. The number of carbonyl (C=O) groups excluding carboxylic acids is 1. The molecule has 4 heteroatoms. The Morgan fingerprint density at radius 3 is 2.63 bits per heavy atom. The lowest BCUT2D eigenvalue weighted by atomic mass is 10.0. The van der Waals surface area contributed by atoms with Gasteiger partial charge in [-0.05, 0) is 32.0 Å². The minimum atomic E-state index is -0.175. The fraction of sp³-hybridized carbons (Fsp3) is 0.533. The number of halogens is 1. The fourth-order valence-corrected chi connectivity index (χ4v) is 2.30. The van der Waals surface area contributed by atoms with Gasteiger partial charge in [-0.15, -0.1) is 0 Å². The molecule has 0 bridgehead atoms. The van der Waals surface area contributed by atoms with Crippen LogP contribution in [0.4, 0.5) is 0 Å². The molecule has 0 radical (unpaired) electrons. The second kappa shape index (κ2) is 6.92. The number of hydrogen-bond donors (Lipinski definition) is 1. The fourth-order valence-electron chi connectivity index (χ4n) is 2.06. The standard InChI is InChI=1S/C15H22ClNO2/c1-5-10(2)8-17(4)9-12-6-13(16)7-14(11(3)18)15(12)19/h6-7,10,19H,5,8-9H2,1-4H3. The van der Waals surface area contributed by atoms with E-state index in [0.29, 0.717) is 28.6 Å². The Bertz CT molecular complexity index is 460. The number of phenolic OH excluding ortho intramolecular Hbond substituents is 1. The van der Waals surface area contributed by atoms with E-state index in [0.717, 1.165) is 13.0 Å². The van der Waals surface area contributed by atoms with Crippen LogP contribution in [-0.2, 0) is 6.54 Å². The molecule has 0 fully saturated rings. The van der Waals surface area contributed by atoms with E-state index in [9.17, 15) is 9.90 Å². The van der Waals surface area contributed by atoms with Gasteiger partial charge in [0.1, 0.15) is 5.75 Å². The number of nitrogens with zero attached hydrogens (tertiary/aromatic N) is 1. The summed E-state index contributed by atoms with van der Waals surface area (Å²) in [4.78, 5) is 13.6. The van der Waals surface area contributed by atoms with Gasteiger partial charge in [0.05, 0.1) is 5.56 Å². The quantitative estimate of drug-likeness (QED) is 0.809. The average molecular weight is 284 g/mol. The van der Waals surface area contributed by atoms with Gasteiger partial charge in [-0.1, -0.05) is 31.9 Å². The number of rotatable bonds is 6. The molecule has 1 N–H and O–H groups in total. The summed E-state index contributed by atoms with van der Waals surface area (Å²) >= 11 is 6.00. The van der Waals surface area contributed by atoms with Gasteiger partial charge in [-0.3, -0.25) is 4.79 Å². The Kier molecular flexibility index (Phi) is 5.83. The molecule has 0 saturated carbocycles. The maximum absolute atomic E-state index is 11.4. The maximum Gasteiger partial charge on any atom is 0.163 e. The Labute approximate surface area is 120 Å². The minimum absolute atomic E-state index is 0.0490. The summed E-state index contributed by atoms with van der Waals surface area (Å²) in [6, 6.07) is 3.23. The Morgan fingerprint density at radius 2 is 2.11 bits per heavy atom. The normalized spacial score (nSPS) is 12.7. The van der Waals surface area contributed by atoms with Gasteiger partial charge in [0.25, 0.3) is 0 Å². The van der Waals surface area contributed by atoms with Crippen LogP contribution < -0.4 is 0 Å². The van der Waals surface area contributed by atoms with Gasteiger partial charge in [0.2, 0.25) is 0 Å². The first-order valence-electron chi connectivity index (χ1n) is 6.56. The summed E-state index contributed by atoms with van der Waals surface area (Å²) in [5, 5.41) is 10.6. The maximum atomic E-state index is 11.4. The van der Waals surface area contributed by atoms with Crippen LogP contribution in [0, 0.1) is 5.92 Å². The Hall–Kier alpha value is -1.06. The summed E-state index contributed by atoms with van der Waals surface area (Å²) in [5.74, 6) is 0.470. The SMILES string of the molecule is CCC(C)CN(C)Cc1cc(Cl)cc(C(C)=O)c1O.